The van der Waals surface area contributed by atoms with Crippen molar-refractivity contribution in [3.05, 3.63) is 65.2 Å². The molecule has 0 atom stereocenters. The number of piperazine rings is 1. The number of carbonyl (C=O) groups is 2. The van der Waals surface area contributed by atoms with Crippen LogP contribution in [0.4, 0.5) is 10.5 Å². The predicted molar refractivity (Wildman–Crippen MR) is 109 cm³/mol. The summed E-state index contributed by atoms with van der Waals surface area (Å²) < 4.78 is 4.96. The summed E-state index contributed by atoms with van der Waals surface area (Å²) in [7, 11) is 0. The van der Waals surface area contributed by atoms with Crippen LogP contribution in [0.1, 0.15) is 28.4 Å². The first-order valence-electron chi connectivity index (χ1n) is 9.66. The van der Waals surface area contributed by atoms with Crippen LogP contribution in [0.25, 0.3) is 0 Å². The van der Waals surface area contributed by atoms with E-state index >= 15 is 0 Å². The lowest BCUT2D eigenvalue weighted by Gasteiger charge is -2.34. The van der Waals surface area contributed by atoms with Crippen LogP contribution >= 0.6 is 0 Å². The number of anilines is 1. The van der Waals surface area contributed by atoms with E-state index in [-0.39, 0.29) is 12.0 Å². The van der Waals surface area contributed by atoms with Crippen LogP contribution in [0.3, 0.4) is 0 Å². The Morgan fingerprint density at radius 2 is 1.75 bits per heavy atom. The monoisotopic (exact) mass is 381 g/mol. The fourth-order valence-corrected chi connectivity index (χ4v) is 3.28. The van der Waals surface area contributed by atoms with Crippen LogP contribution in [-0.2, 0) is 11.3 Å². The maximum absolute atomic E-state index is 12.5. The summed E-state index contributed by atoms with van der Waals surface area (Å²) >= 11 is 0. The maximum Gasteiger partial charge on any atom is 0.338 e. The molecular formula is C22H27N3O3. The molecule has 0 unspecified atom stereocenters. The van der Waals surface area contributed by atoms with Crippen molar-refractivity contribution in [2.75, 3.05) is 38.1 Å². The molecule has 1 saturated heterocycles. The number of rotatable bonds is 5. The highest BCUT2D eigenvalue weighted by atomic mass is 16.5. The second-order valence-electron chi connectivity index (χ2n) is 6.98. The minimum Gasteiger partial charge on any atom is -0.462 e. The summed E-state index contributed by atoms with van der Waals surface area (Å²) in [5.41, 5.74) is 3.72. The number of hydrogen-bond donors (Lipinski definition) is 1. The van der Waals surface area contributed by atoms with Crippen molar-refractivity contribution >= 4 is 17.7 Å². The molecule has 0 aliphatic carbocycles. The minimum atomic E-state index is -0.356. The van der Waals surface area contributed by atoms with E-state index in [1.165, 1.54) is 11.1 Å². The first-order valence-corrected chi connectivity index (χ1v) is 9.66. The number of carbonyl (C=O) groups excluding carboxylic acids is 2. The standard InChI is InChI=1S/C22H27N3O3/c1-3-28-21(26)19-7-9-20(10-8-19)23-22(27)25-13-11-24(12-14-25)16-18-6-4-5-17(2)15-18/h4-10,15H,3,11-14,16H2,1-2H3,(H,23,27). The molecule has 1 aliphatic rings. The number of nitrogens with zero attached hydrogens (tertiary/aromatic N) is 2. The molecule has 2 amide bonds. The van der Waals surface area contributed by atoms with Gasteiger partial charge < -0.3 is 15.0 Å². The van der Waals surface area contributed by atoms with Crippen LogP contribution in [-0.4, -0.2) is 54.6 Å². The van der Waals surface area contributed by atoms with E-state index in [1.807, 2.05) is 4.90 Å². The van der Waals surface area contributed by atoms with Crippen LogP contribution in [0.15, 0.2) is 48.5 Å². The highest BCUT2D eigenvalue weighted by Crippen LogP contribution is 2.14. The number of nitrogens with one attached hydrogen (secondary N) is 1. The second-order valence-corrected chi connectivity index (χ2v) is 6.98. The average molecular weight is 381 g/mol. The number of amides is 2. The van der Waals surface area contributed by atoms with Gasteiger partial charge in [-0.1, -0.05) is 29.8 Å². The van der Waals surface area contributed by atoms with Crippen molar-refractivity contribution in [2.45, 2.75) is 20.4 Å². The summed E-state index contributed by atoms with van der Waals surface area (Å²) in [6, 6.07) is 15.2. The Morgan fingerprint density at radius 3 is 2.39 bits per heavy atom. The van der Waals surface area contributed by atoms with E-state index < -0.39 is 0 Å². The molecule has 6 heteroatoms. The number of benzene rings is 2. The highest BCUT2D eigenvalue weighted by Gasteiger charge is 2.21. The Hall–Kier alpha value is -2.86. The van der Waals surface area contributed by atoms with Gasteiger partial charge in [-0.05, 0) is 43.7 Å². The number of esters is 1. The summed E-state index contributed by atoms with van der Waals surface area (Å²) in [6.07, 6.45) is 0. The van der Waals surface area contributed by atoms with E-state index in [4.69, 9.17) is 4.74 Å². The molecule has 1 N–H and O–H groups in total. The molecule has 1 fully saturated rings. The van der Waals surface area contributed by atoms with Crippen molar-refractivity contribution in [3.63, 3.8) is 0 Å². The first-order chi connectivity index (χ1) is 13.5. The third-order valence-corrected chi connectivity index (χ3v) is 4.80. The molecule has 3 rings (SSSR count). The number of ether oxygens (including phenoxy) is 1. The minimum absolute atomic E-state index is 0.112. The normalized spacial score (nSPS) is 14.6. The fraction of sp³-hybridized carbons (Fsp3) is 0.364. The van der Waals surface area contributed by atoms with Gasteiger partial charge in [0.15, 0.2) is 0 Å². The number of hydrogen-bond acceptors (Lipinski definition) is 4. The zero-order valence-corrected chi connectivity index (χ0v) is 16.5. The molecule has 0 radical (unpaired) electrons. The molecule has 0 bridgehead atoms. The highest BCUT2D eigenvalue weighted by molar-refractivity contribution is 5.92. The Bertz CT molecular complexity index is 812. The molecule has 0 spiro atoms. The van der Waals surface area contributed by atoms with Crippen molar-refractivity contribution in [1.29, 1.82) is 0 Å². The predicted octanol–water partition coefficient (Wildman–Crippen LogP) is 3.52. The molecule has 0 aromatic heterocycles. The van der Waals surface area contributed by atoms with Gasteiger partial charge in [-0.3, -0.25) is 4.90 Å². The Balaban J connectivity index is 1.48. The molecule has 0 saturated carbocycles. The Morgan fingerprint density at radius 1 is 1.04 bits per heavy atom. The van der Waals surface area contributed by atoms with E-state index in [2.05, 4.69) is 41.4 Å². The molecule has 2 aromatic carbocycles. The van der Waals surface area contributed by atoms with Gasteiger partial charge in [0.1, 0.15) is 0 Å². The van der Waals surface area contributed by atoms with Gasteiger partial charge in [0, 0.05) is 38.4 Å². The van der Waals surface area contributed by atoms with E-state index in [1.54, 1.807) is 31.2 Å². The van der Waals surface area contributed by atoms with Crippen LogP contribution in [0.5, 0.6) is 0 Å². The van der Waals surface area contributed by atoms with Crippen LogP contribution < -0.4 is 5.32 Å². The van der Waals surface area contributed by atoms with Crippen LogP contribution in [0.2, 0.25) is 0 Å². The number of urea groups is 1. The maximum atomic E-state index is 12.5. The quantitative estimate of drug-likeness (QED) is 0.805. The third-order valence-electron chi connectivity index (χ3n) is 4.80. The van der Waals surface area contributed by atoms with Gasteiger partial charge >= 0.3 is 12.0 Å². The van der Waals surface area contributed by atoms with Gasteiger partial charge in [-0.2, -0.15) is 0 Å². The molecule has 1 heterocycles. The Kier molecular flexibility index (Phi) is 6.66. The zero-order chi connectivity index (χ0) is 19.9. The van der Waals surface area contributed by atoms with Gasteiger partial charge in [-0.25, -0.2) is 9.59 Å². The molecule has 1 aliphatic heterocycles. The lowest BCUT2D eigenvalue weighted by molar-refractivity contribution is 0.0526. The van der Waals surface area contributed by atoms with Crippen molar-refractivity contribution in [3.8, 4) is 0 Å². The molecule has 148 valence electrons. The lowest BCUT2D eigenvalue weighted by atomic mass is 10.1. The summed E-state index contributed by atoms with van der Waals surface area (Å²) in [6.45, 7) is 8.21. The molecule has 2 aromatic rings. The van der Waals surface area contributed by atoms with Crippen molar-refractivity contribution in [1.82, 2.24) is 9.80 Å². The molecule has 6 nitrogen and oxygen atoms in total. The summed E-state index contributed by atoms with van der Waals surface area (Å²) in [4.78, 5) is 28.4. The smallest absolute Gasteiger partial charge is 0.338 e. The topological polar surface area (TPSA) is 61.9 Å². The van der Waals surface area contributed by atoms with Gasteiger partial charge in [0.05, 0.1) is 12.2 Å². The second kappa shape index (κ2) is 9.37. The SMILES string of the molecule is CCOC(=O)c1ccc(NC(=O)N2CCN(Cc3cccc(C)c3)CC2)cc1. The molecular weight excluding hydrogens is 354 g/mol. The van der Waals surface area contributed by atoms with Crippen molar-refractivity contribution < 1.29 is 14.3 Å². The lowest BCUT2D eigenvalue weighted by Crippen LogP contribution is -2.49. The zero-order valence-electron chi connectivity index (χ0n) is 16.5. The Labute approximate surface area is 166 Å². The van der Waals surface area contributed by atoms with E-state index in [0.29, 0.717) is 30.9 Å². The number of aryl methyl sites for hydroxylation is 1. The van der Waals surface area contributed by atoms with Gasteiger partial charge in [0.25, 0.3) is 0 Å². The van der Waals surface area contributed by atoms with E-state index in [9.17, 15) is 9.59 Å². The van der Waals surface area contributed by atoms with E-state index in [0.717, 1.165) is 19.6 Å². The largest absolute Gasteiger partial charge is 0.462 e. The molecule has 28 heavy (non-hydrogen) atoms. The summed E-state index contributed by atoms with van der Waals surface area (Å²) in [5.74, 6) is -0.356. The average Bonchev–Trinajstić information content (AvgIpc) is 2.69. The third kappa shape index (κ3) is 5.33. The fourth-order valence-electron chi connectivity index (χ4n) is 3.28. The van der Waals surface area contributed by atoms with Crippen molar-refractivity contribution in [2.24, 2.45) is 0 Å². The van der Waals surface area contributed by atoms with Gasteiger partial charge in [-0.15, -0.1) is 0 Å². The first kappa shape index (κ1) is 19.9. The van der Waals surface area contributed by atoms with Gasteiger partial charge in [0.2, 0.25) is 0 Å². The van der Waals surface area contributed by atoms with Crippen LogP contribution in [0, 0.1) is 6.92 Å². The summed E-state index contributed by atoms with van der Waals surface area (Å²) in [5, 5.41) is 2.90.